The number of ether oxygens (including phenoxy) is 2. The van der Waals surface area contributed by atoms with Crippen molar-refractivity contribution in [3.05, 3.63) is 53.1 Å². The van der Waals surface area contributed by atoms with E-state index in [1.54, 1.807) is 14.2 Å². The fraction of sp³-hybridized carbons (Fsp3) is 0.316. The van der Waals surface area contributed by atoms with E-state index >= 15 is 0 Å². The van der Waals surface area contributed by atoms with Crippen LogP contribution in [-0.4, -0.2) is 19.3 Å². The molecule has 0 saturated heterocycles. The highest BCUT2D eigenvalue weighted by Crippen LogP contribution is 2.29. The molecule has 2 N–H and O–H groups in total. The highest BCUT2D eigenvalue weighted by molar-refractivity contribution is 7.80. The number of hydrogen-bond donors (Lipinski definition) is 2. The zero-order chi connectivity index (χ0) is 17.7. The molecule has 1 atom stereocenters. The first-order chi connectivity index (χ1) is 11.4. The van der Waals surface area contributed by atoms with Crippen molar-refractivity contribution < 1.29 is 9.47 Å². The van der Waals surface area contributed by atoms with Gasteiger partial charge in [0.2, 0.25) is 0 Å². The lowest BCUT2D eigenvalue weighted by Gasteiger charge is -2.21. The normalized spacial score (nSPS) is 11.5. The van der Waals surface area contributed by atoms with E-state index in [0.717, 1.165) is 28.3 Å². The van der Waals surface area contributed by atoms with Gasteiger partial charge in [-0.3, -0.25) is 0 Å². The van der Waals surface area contributed by atoms with Crippen LogP contribution < -0.4 is 20.1 Å². The van der Waals surface area contributed by atoms with Crippen LogP contribution in [-0.2, 0) is 0 Å². The highest BCUT2D eigenvalue weighted by Gasteiger charge is 2.14. The summed E-state index contributed by atoms with van der Waals surface area (Å²) in [6.07, 6.45) is 0. The second-order valence-electron chi connectivity index (χ2n) is 5.75. The summed E-state index contributed by atoms with van der Waals surface area (Å²) in [7, 11) is 3.31. The van der Waals surface area contributed by atoms with Gasteiger partial charge in [-0.1, -0.05) is 12.1 Å². The van der Waals surface area contributed by atoms with Crippen molar-refractivity contribution in [3.8, 4) is 11.5 Å². The lowest BCUT2D eigenvalue weighted by Crippen LogP contribution is -2.31. The molecule has 0 aliphatic rings. The van der Waals surface area contributed by atoms with E-state index in [1.165, 1.54) is 5.56 Å². The molecule has 0 amide bonds. The summed E-state index contributed by atoms with van der Waals surface area (Å²) in [6.45, 7) is 6.15. The molecular formula is C19H24N2O2S. The number of thiocarbonyl (C=S) groups is 1. The van der Waals surface area contributed by atoms with Gasteiger partial charge in [0.25, 0.3) is 0 Å². The Hall–Kier alpha value is -2.27. The Labute approximate surface area is 149 Å². The molecule has 2 aromatic carbocycles. The first-order valence-electron chi connectivity index (χ1n) is 7.81. The van der Waals surface area contributed by atoms with E-state index in [0.29, 0.717) is 5.11 Å². The lowest BCUT2D eigenvalue weighted by atomic mass is 10.1. The van der Waals surface area contributed by atoms with Crippen molar-refractivity contribution in [3.63, 3.8) is 0 Å². The minimum Gasteiger partial charge on any atom is -0.497 e. The zero-order valence-corrected chi connectivity index (χ0v) is 15.6. The zero-order valence-electron chi connectivity index (χ0n) is 14.8. The smallest absolute Gasteiger partial charge is 0.171 e. The second-order valence-corrected chi connectivity index (χ2v) is 6.15. The van der Waals surface area contributed by atoms with Crippen LogP contribution in [0.1, 0.15) is 29.7 Å². The van der Waals surface area contributed by atoms with Gasteiger partial charge in [-0.15, -0.1) is 0 Å². The van der Waals surface area contributed by atoms with Gasteiger partial charge in [-0.05, 0) is 68.4 Å². The van der Waals surface area contributed by atoms with Crippen molar-refractivity contribution in [2.75, 3.05) is 19.5 Å². The molecule has 128 valence electrons. The molecule has 0 spiro atoms. The van der Waals surface area contributed by atoms with Crippen LogP contribution >= 0.6 is 12.2 Å². The van der Waals surface area contributed by atoms with E-state index in [9.17, 15) is 0 Å². The van der Waals surface area contributed by atoms with Crippen molar-refractivity contribution in [1.82, 2.24) is 5.32 Å². The van der Waals surface area contributed by atoms with Crippen LogP contribution in [0.25, 0.3) is 0 Å². The molecule has 0 fully saturated rings. The molecule has 0 aliphatic carbocycles. The Morgan fingerprint density at radius 3 is 2.46 bits per heavy atom. The third-order valence-electron chi connectivity index (χ3n) is 3.89. The van der Waals surface area contributed by atoms with Gasteiger partial charge in [0.05, 0.1) is 20.3 Å². The third-order valence-corrected chi connectivity index (χ3v) is 4.11. The van der Waals surface area contributed by atoms with Crippen molar-refractivity contribution >= 4 is 23.0 Å². The minimum atomic E-state index is -0.0276. The number of aryl methyl sites for hydroxylation is 2. The van der Waals surface area contributed by atoms with Crippen LogP contribution in [0, 0.1) is 13.8 Å². The summed E-state index contributed by atoms with van der Waals surface area (Å²) in [5, 5.41) is 7.14. The van der Waals surface area contributed by atoms with Crippen LogP contribution in [0.5, 0.6) is 11.5 Å². The summed E-state index contributed by atoms with van der Waals surface area (Å²) < 4.78 is 10.7. The van der Waals surface area contributed by atoms with Gasteiger partial charge in [0.15, 0.2) is 5.11 Å². The monoisotopic (exact) mass is 344 g/mol. The van der Waals surface area contributed by atoms with Crippen LogP contribution in [0.15, 0.2) is 36.4 Å². The average Bonchev–Trinajstić information content (AvgIpc) is 2.57. The molecule has 0 radical (unpaired) electrons. The fourth-order valence-corrected chi connectivity index (χ4v) is 2.77. The number of nitrogens with one attached hydrogen (secondary N) is 2. The molecule has 0 aromatic heterocycles. The van der Waals surface area contributed by atoms with E-state index in [1.807, 2.05) is 25.1 Å². The maximum atomic E-state index is 5.46. The van der Waals surface area contributed by atoms with E-state index in [-0.39, 0.29) is 6.04 Å². The van der Waals surface area contributed by atoms with Crippen molar-refractivity contribution in [1.29, 1.82) is 0 Å². The molecule has 24 heavy (non-hydrogen) atoms. The molecule has 4 nitrogen and oxygen atoms in total. The minimum absolute atomic E-state index is 0.0276. The predicted octanol–water partition coefficient (Wildman–Crippen LogP) is 4.37. The lowest BCUT2D eigenvalue weighted by molar-refractivity contribution is 0.395. The molecule has 0 unspecified atom stereocenters. The summed E-state index contributed by atoms with van der Waals surface area (Å²) in [5.41, 5.74) is 4.34. The molecule has 0 bridgehead atoms. The van der Waals surface area contributed by atoms with Crippen molar-refractivity contribution in [2.45, 2.75) is 26.8 Å². The molecule has 2 rings (SSSR count). The molecule has 0 heterocycles. The second kappa shape index (κ2) is 8.02. The summed E-state index contributed by atoms with van der Waals surface area (Å²) >= 11 is 5.46. The maximum absolute atomic E-state index is 5.46. The summed E-state index contributed by atoms with van der Waals surface area (Å²) in [6, 6.07) is 11.9. The number of anilines is 1. The quantitative estimate of drug-likeness (QED) is 0.789. The van der Waals surface area contributed by atoms with Gasteiger partial charge < -0.3 is 20.1 Å². The summed E-state index contributed by atoms with van der Waals surface area (Å²) in [4.78, 5) is 0. The Morgan fingerprint density at radius 1 is 1.04 bits per heavy atom. The molecule has 5 heteroatoms. The van der Waals surface area contributed by atoms with Gasteiger partial charge >= 0.3 is 0 Å². The Morgan fingerprint density at radius 2 is 1.79 bits per heavy atom. The third kappa shape index (κ3) is 4.38. The summed E-state index contributed by atoms with van der Waals surface area (Å²) in [5.74, 6) is 1.58. The van der Waals surface area contributed by atoms with E-state index in [4.69, 9.17) is 21.7 Å². The first kappa shape index (κ1) is 18.1. The van der Waals surface area contributed by atoms with Crippen LogP contribution in [0.3, 0.4) is 0 Å². The first-order valence-corrected chi connectivity index (χ1v) is 8.22. The number of rotatable bonds is 5. The Bertz CT molecular complexity index is 731. The Kier molecular flexibility index (Phi) is 6.04. The molecule has 2 aromatic rings. The van der Waals surface area contributed by atoms with Gasteiger partial charge in [-0.2, -0.15) is 0 Å². The van der Waals surface area contributed by atoms with E-state index < -0.39 is 0 Å². The van der Waals surface area contributed by atoms with E-state index in [2.05, 4.69) is 42.7 Å². The SMILES string of the molecule is COc1ccc(OC)c([C@H](C)NC(=S)Nc2cc(C)ccc2C)c1. The largest absolute Gasteiger partial charge is 0.497 e. The van der Waals surface area contributed by atoms with Crippen molar-refractivity contribution in [2.24, 2.45) is 0 Å². The highest BCUT2D eigenvalue weighted by atomic mass is 32.1. The maximum Gasteiger partial charge on any atom is 0.171 e. The van der Waals surface area contributed by atoms with Gasteiger partial charge in [-0.25, -0.2) is 0 Å². The molecular weight excluding hydrogens is 320 g/mol. The van der Waals surface area contributed by atoms with Crippen LogP contribution in [0.4, 0.5) is 5.69 Å². The molecule has 0 aliphatic heterocycles. The standard InChI is InChI=1S/C19H24N2O2S/c1-12-6-7-13(2)17(10-12)21-19(24)20-14(3)16-11-15(22-4)8-9-18(16)23-5/h6-11,14H,1-5H3,(H2,20,21,24)/t14-/m0/s1. The fourth-order valence-electron chi connectivity index (χ4n) is 2.48. The number of benzene rings is 2. The van der Waals surface area contributed by atoms with Gasteiger partial charge in [0, 0.05) is 11.3 Å². The number of hydrogen-bond acceptors (Lipinski definition) is 3. The average molecular weight is 344 g/mol. The molecule has 0 saturated carbocycles. The topological polar surface area (TPSA) is 42.5 Å². The van der Waals surface area contributed by atoms with Gasteiger partial charge in [0.1, 0.15) is 11.5 Å². The number of methoxy groups -OCH3 is 2. The van der Waals surface area contributed by atoms with Crippen LogP contribution in [0.2, 0.25) is 0 Å². The Balaban J connectivity index is 2.12. The predicted molar refractivity (Wildman–Crippen MR) is 103 cm³/mol.